The van der Waals surface area contributed by atoms with E-state index in [9.17, 15) is 0 Å². The van der Waals surface area contributed by atoms with Gasteiger partial charge in [-0.15, -0.1) is 0 Å². The molecule has 1 atom stereocenters. The molecule has 100 valence electrons. The van der Waals surface area contributed by atoms with Crippen LogP contribution in [-0.2, 0) is 0 Å². The average Bonchev–Trinajstić information content (AvgIpc) is 2.45. The quantitative estimate of drug-likeness (QED) is 0.914. The Labute approximate surface area is 114 Å². The van der Waals surface area contributed by atoms with Gasteiger partial charge < -0.3 is 10.2 Å². The summed E-state index contributed by atoms with van der Waals surface area (Å²) in [4.78, 5) is 6.83. The van der Waals surface area contributed by atoms with Crippen molar-refractivity contribution in [1.29, 1.82) is 0 Å². The molecule has 1 aliphatic heterocycles. The number of anilines is 1. The fraction of sp³-hybridized carbons (Fsp3) is 0.438. The summed E-state index contributed by atoms with van der Waals surface area (Å²) in [6.45, 7) is 3.50. The molecule has 3 nitrogen and oxygen atoms in total. The van der Waals surface area contributed by atoms with Gasteiger partial charge in [0.25, 0.3) is 0 Å². The molecule has 1 aliphatic rings. The summed E-state index contributed by atoms with van der Waals surface area (Å²) in [5.74, 6) is 0.755. The maximum Gasteiger partial charge on any atom is 0.0722 e. The average molecular weight is 255 g/mol. The van der Waals surface area contributed by atoms with E-state index in [1.807, 2.05) is 12.3 Å². The van der Waals surface area contributed by atoms with E-state index in [1.54, 1.807) is 0 Å². The molecule has 1 aromatic heterocycles. The first-order valence-electron chi connectivity index (χ1n) is 7.09. The maximum atomic E-state index is 4.40. The zero-order chi connectivity index (χ0) is 13.1. The molecule has 0 amide bonds. The predicted octanol–water partition coefficient (Wildman–Crippen LogP) is 2.99. The van der Waals surface area contributed by atoms with Crippen molar-refractivity contribution in [2.75, 3.05) is 32.0 Å². The Hall–Kier alpha value is -1.61. The lowest BCUT2D eigenvalue weighted by Gasteiger charge is -2.30. The van der Waals surface area contributed by atoms with E-state index in [0.717, 1.165) is 18.0 Å². The number of pyridine rings is 1. The third kappa shape index (κ3) is 2.87. The predicted molar refractivity (Wildman–Crippen MR) is 80.5 cm³/mol. The molecule has 1 unspecified atom stereocenters. The molecule has 3 heteroatoms. The molecule has 1 fully saturated rings. The highest BCUT2D eigenvalue weighted by molar-refractivity contribution is 5.91. The number of rotatable bonds is 3. The lowest BCUT2D eigenvalue weighted by atomic mass is 9.98. The topological polar surface area (TPSA) is 28.2 Å². The summed E-state index contributed by atoms with van der Waals surface area (Å²) in [7, 11) is 2.22. The van der Waals surface area contributed by atoms with Gasteiger partial charge in [-0.2, -0.15) is 0 Å². The minimum absolute atomic E-state index is 0.755. The monoisotopic (exact) mass is 255 g/mol. The molecule has 0 spiro atoms. The van der Waals surface area contributed by atoms with Gasteiger partial charge >= 0.3 is 0 Å². The summed E-state index contributed by atoms with van der Waals surface area (Å²) in [5, 5.41) is 4.83. The third-order valence-corrected chi connectivity index (χ3v) is 3.95. The molecule has 2 heterocycles. The van der Waals surface area contributed by atoms with E-state index in [1.165, 1.54) is 37.0 Å². The van der Waals surface area contributed by atoms with E-state index < -0.39 is 0 Å². The van der Waals surface area contributed by atoms with Crippen LogP contribution in [0.5, 0.6) is 0 Å². The minimum Gasteiger partial charge on any atom is -0.384 e. The second kappa shape index (κ2) is 5.57. The van der Waals surface area contributed by atoms with Crippen molar-refractivity contribution >= 4 is 16.6 Å². The number of likely N-dealkylation sites (tertiary alicyclic amines) is 1. The van der Waals surface area contributed by atoms with Gasteiger partial charge in [-0.05, 0) is 56.6 Å². The van der Waals surface area contributed by atoms with Crippen LogP contribution in [0.15, 0.2) is 36.5 Å². The summed E-state index contributed by atoms with van der Waals surface area (Å²) >= 11 is 0. The Morgan fingerprint density at radius 1 is 1.32 bits per heavy atom. The SMILES string of the molecule is CN1CCCC(CNc2cccc3ncccc23)C1. The lowest BCUT2D eigenvalue weighted by molar-refractivity contribution is 0.217. The zero-order valence-corrected chi connectivity index (χ0v) is 11.5. The number of fused-ring (bicyclic) bond motifs is 1. The van der Waals surface area contributed by atoms with E-state index in [0.29, 0.717) is 0 Å². The standard InChI is InChI=1S/C16H21N3/c1-19-10-4-5-13(12-19)11-18-16-8-2-7-15-14(16)6-3-9-17-15/h2-3,6-9,13,18H,4-5,10-12H2,1H3. The third-order valence-electron chi connectivity index (χ3n) is 3.95. The Morgan fingerprint density at radius 3 is 3.16 bits per heavy atom. The van der Waals surface area contributed by atoms with Gasteiger partial charge in [-0.25, -0.2) is 0 Å². The number of aromatic nitrogens is 1. The summed E-state index contributed by atoms with van der Waals surface area (Å²) in [6, 6.07) is 10.4. The number of hydrogen-bond donors (Lipinski definition) is 1. The van der Waals surface area contributed by atoms with Crippen molar-refractivity contribution in [2.45, 2.75) is 12.8 Å². The molecule has 0 aliphatic carbocycles. The van der Waals surface area contributed by atoms with Gasteiger partial charge in [0.1, 0.15) is 0 Å². The van der Waals surface area contributed by atoms with Crippen LogP contribution in [0.1, 0.15) is 12.8 Å². The normalized spacial score (nSPS) is 20.6. The molecule has 0 saturated carbocycles. The van der Waals surface area contributed by atoms with Gasteiger partial charge in [0.2, 0.25) is 0 Å². The molecule has 0 bridgehead atoms. The first-order valence-corrected chi connectivity index (χ1v) is 7.09. The summed E-state index contributed by atoms with van der Waals surface area (Å²) < 4.78 is 0. The summed E-state index contributed by atoms with van der Waals surface area (Å²) in [5.41, 5.74) is 2.27. The fourth-order valence-corrected chi connectivity index (χ4v) is 2.95. The van der Waals surface area contributed by atoms with Gasteiger partial charge in [0.15, 0.2) is 0 Å². The van der Waals surface area contributed by atoms with E-state index in [2.05, 4.69) is 46.5 Å². The molecule has 1 N–H and O–H groups in total. The van der Waals surface area contributed by atoms with Crippen LogP contribution in [0.3, 0.4) is 0 Å². The number of benzene rings is 1. The van der Waals surface area contributed by atoms with Crippen molar-refractivity contribution < 1.29 is 0 Å². The van der Waals surface area contributed by atoms with E-state index >= 15 is 0 Å². The smallest absolute Gasteiger partial charge is 0.0722 e. The van der Waals surface area contributed by atoms with Crippen LogP contribution < -0.4 is 5.32 Å². The Balaban J connectivity index is 1.71. The van der Waals surface area contributed by atoms with Crippen LogP contribution in [0.25, 0.3) is 10.9 Å². The molecule has 3 rings (SSSR count). The molecule has 1 saturated heterocycles. The van der Waals surface area contributed by atoms with Gasteiger partial charge in [0, 0.05) is 30.4 Å². The number of piperidine rings is 1. The Bertz CT molecular complexity index is 547. The van der Waals surface area contributed by atoms with Crippen LogP contribution >= 0.6 is 0 Å². The molecule has 0 radical (unpaired) electrons. The van der Waals surface area contributed by atoms with Gasteiger partial charge in [-0.3, -0.25) is 4.98 Å². The Morgan fingerprint density at radius 2 is 2.26 bits per heavy atom. The number of nitrogens with zero attached hydrogens (tertiary/aromatic N) is 2. The van der Waals surface area contributed by atoms with Crippen molar-refractivity contribution in [3.8, 4) is 0 Å². The fourth-order valence-electron chi connectivity index (χ4n) is 2.95. The molecular weight excluding hydrogens is 234 g/mol. The first kappa shape index (κ1) is 12.4. The zero-order valence-electron chi connectivity index (χ0n) is 11.5. The largest absolute Gasteiger partial charge is 0.384 e. The molecule has 1 aromatic carbocycles. The van der Waals surface area contributed by atoms with Crippen LogP contribution in [-0.4, -0.2) is 36.6 Å². The van der Waals surface area contributed by atoms with Crippen molar-refractivity contribution in [1.82, 2.24) is 9.88 Å². The van der Waals surface area contributed by atoms with E-state index in [4.69, 9.17) is 0 Å². The highest BCUT2D eigenvalue weighted by Crippen LogP contribution is 2.22. The molecule has 19 heavy (non-hydrogen) atoms. The minimum atomic E-state index is 0.755. The van der Waals surface area contributed by atoms with Gasteiger partial charge in [-0.1, -0.05) is 6.07 Å². The number of nitrogens with one attached hydrogen (secondary N) is 1. The van der Waals surface area contributed by atoms with Gasteiger partial charge in [0.05, 0.1) is 5.52 Å². The van der Waals surface area contributed by atoms with Crippen LogP contribution in [0.4, 0.5) is 5.69 Å². The molecule has 2 aromatic rings. The molecular formula is C16H21N3. The van der Waals surface area contributed by atoms with E-state index in [-0.39, 0.29) is 0 Å². The first-order chi connectivity index (χ1) is 9.33. The lowest BCUT2D eigenvalue weighted by Crippen LogP contribution is -2.35. The number of hydrogen-bond acceptors (Lipinski definition) is 3. The van der Waals surface area contributed by atoms with Crippen molar-refractivity contribution in [3.63, 3.8) is 0 Å². The Kier molecular flexibility index (Phi) is 3.65. The van der Waals surface area contributed by atoms with Crippen LogP contribution in [0.2, 0.25) is 0 Å². The highest BCUT2D eigenvalue weighted by Gasteiger charge is 2.16. The maximum absolute atomic E-state index is 4.40. The highest BCUT2D eigenvalue weighted by atomic mass is 15.1. The van der Waals surface area contributed by atoms with Crippen molar-refractivity contribution in [3.05, 3.63) is 36.5 Å². The van der Waals surface area contributed by atoms with Crippen LogP contribution in [0, 0.1) is 5.92 Å². The van der Waals surface area contributed by atoms with Crippen molar-refractivity contribution in [2.24, 2.45) is 5.92 Å². The second-order valence-corrected chi connectivity index (χ2v) is 5.53. The second-order valence-electron chi connectivity index (χ2n) is 5.53. The summed E-state index contributed by atoms with van der Waals surface area (Å²) in [6.07, 6.45) is 4.50.